The Morgan fingerprint density at radius 3 is 2.23 bits per heavy atom. The first-order chi connectivity index (χ1) is 5.43. The zero-order valence-corrected chi connectivity index (χ0v) is 10.5. The average Bonchev–Trinajstić information content (AvgIpc) is 1.84. The molecule has 0 saturated carbocycles. The minimum Gasteiger partial charge on any atom is -0.673 e. The number of aliphatic hydroxyl groups is 1. The molecule has 0 aromatic heterocycles. The number of hydrogen-bond donors (Lipinski definition) is 2. The molecule has 2 atom stereocenters. The van der Waals surface area contributed by atoms with Crippen molar-refractivity contribution in [2.75, 3.05) is 0 Å². The summed E-state index contributed by atoms with van der Waals surface area (Å²) in [6.45, 7) is 3.88. The van der Waals surface area contributed by atoms with Crippen LogP contribution in [0.2, 0.25) is 0 Å². The second kappa shape index (κ2) is 7.46. The van der Waals surface area contributed by atoms with Gasteiger partial charge in [-0.2, -0.15) is 0 Å². The largest absolute Gasteiger partial charge is 0.673 e. The van der Waals surface area contributed by atoms with Gasteiger partial charge < -0.3 is 15.9 Å². The van der Waals surface area contributed by atoms with Gasteiger partial charge in [0.05, 0.1) is 6.42 Å². The molecule has 0 aliphatic heterocycles. The predicted octanol–water partition coefficient (Wildman–Crippen LogP) is 1.29. The smallest absolute Gasteiger partial charge is 0.305 e. The monoisotopic (exact) mass is 361 g/mol. The molecule has 4 nitrogen and oxygen atoms in total. The quantitative estimate of drug-likeness (QED) is 0.775. The molecule has 1 radical (unpaired) electrons. The van der Waals surface area contributed by atoms with Crippen LogP contribution >= 0.6 is 0 Å². The summed E-state index contributed by atoms with van der Waals surface area (Å²) in [6.07, 6.45) is -0.833. The van der Waals surface area contributed by atoms with E-state index in [-0.39, 0.29) is 26.8 Å². The van der Waals surface area contributed by atoms with E-state index in [1.807, 2.05) is 13.8 Å². The van der Waals surface area contributed by atoms with E-state index >= 15 is 0 Å². The molecule has 0 rings (SSSR count). The van der Waals surface area contributed by atoms with Crippen molar-refractivity contribution < 1.29 is 35.4 Å². The summed E-state index contributed by atoms with van der Waals surface area (Å²) in [5.41, 5.74) is 7.39. The third-order valence-corrected chi connectivity index (χ3v) is 1.57. The fourth-order valence-corrected chi connectivity index (χ4v) is 0.986. The van der Waals surface area contributed by atoms with Crippen LogP contribution in [-0.4, -0.2) is 28.3 Å². The van der Waals surface area contributed by atoms with Crippen molar-refractivity contribution in [3.05, 3.63) is 5.73 Å². The molecule has 0 unspecified atom stereocenters. The standard InChI is InChI=1S/C8H16NO3.Re/c1-5(2)3-6(9)7(10)4-8(11)12;/h5-7,9-10H,3-4H2,1-2H3,(H,11,12);/q-1;/t6-,7-;/m0./s1. The molecule has 0 heterocycles. The summed E-state index contributed by atoms with van der Waals surface area (Å²) in [5.74, 6) is -0.737. The molecular formula is C8H16NO3Re-. The van der Waals surface area contributed by atoms with E-state index in [2.05, 4.69) is 0 Å². The molecule has 0 aromatic rings. The van der Waals surface area contributed by atoms with Crippen LogP contribution in [-0.2, 0) is 25.2 Å². The van der Waals surface area contributed by atoms with Crippen molar-refractivity contribution in [3.63, 3.8) is 0 Å². The molecule has 0 aromatic carbocycles. The molecule has 3 N–H and O–H groups in total. The molecule has 0 spiro atoms. The third kappa shape index (κ3) is 8.38. The van der Waals surface area contributed by atoms with Gasteiger partial charge in [0, 0.05) is 26.5 Å². The summed E-state index contributed by atoms with van der Waals surface area (Å²) in [6, 6.07) is -0.680. The van der Waals surface area contributed by atoms with Gasteiger partial charge in [0.2, 0.25) is 0 Å². The first-order valence-electron chi connectivity index (χ1n) is 4.04. The third-order valence-electron chi connectivity index (χ3n) is 1.57. The second-order valence-corrected chi connectivity index (χ2v) is 3.40. The van der Waals surface area contributed by atoms with E-state index in [9.17, 15) is 4.79 Å². The number of nitrogens with one attached hydrogen (secondary N) is 1. The number of carboxylic acid groups (broad SMARTS) is 1. The fourth-order valence-electron chi connectivity index (χ4n) is 0.986. The maximum Gasteiger partial charge on any atom is 0.305 e. The number of aliphatic carboxylic acids is 1. The zero-order chi connectivity index (χ0) is 9.72. The fraction of sp³-hybridized carbons (Fsp3) is 0.875. The van der Waals surface area contributed by atoms with Crippen molar-refractivity contribution in [2.45, 2.75) is 38.8 Å². The van der Waals surface area contributed by atoms with Gasteiger partial charge in [0.25, 0.3) is 0 Å². The summed E-state index contributed by atoms with van der Waals surface area (Å²) in [4.78, 5) is 10.2. The maximum absolute atomic E-state index is 10.2. The van der Waals surface area contributed by atoms with Crippen LogP contribution in [0.15, 0.2) is 0 Å². The Kier molecular flexibility index (Phi) is 8.90. The summed E-state index contributed by atoms with van der Waals surface area (Å²) >= 11 is 0. The molecular weight excluding hydrogens is 344 g/mol. The SMILES string of the molecule is CC(C)C[C@H]([NH-])[C@@H](O)CC(=O)O.[Re]. The molecule has 0 fully saturated rings. The van der Waals surface area contributed by atoms with Crippen LogP contribution < -0.4 is 0 Å². The van der Waals surface area contributed by atoms with Crippen LogP contribution in [0, 0.1) is 5.92 Å². The van der Waals surface area contributed by atoms with Gasteiger partial charge in [-0.3, -0.25) is 4.79 Å². The van der Waals surface area contributed by atoms with E-state index in [0.717, 1.165) is 0 Å². The second-order valence-electron chi connectivity index (χ2n) is 3.40. The summed E-state index contributed by atoms with van der Waals surface area (Å²) in [5, 5.41) is 17.5. The van der Waals surface area contributed by atoms with Crippen molar-refractivity contribution in [2.24, 2.45) is 5.92 Å². The normalized spacial score (nSPS) is 14.8. The van der Waals surface area contributed by atoms with Gasteiger partial charge in [-0.05, 0) is 5.92 Å². The number of hydrogen-bond acceptors (Lipinski definition) is 2. The predicted molar refractivity (Wildman–Crippen MR) is 45.8 cm³/mol. The van der Waals surface area contributed by atoms with Crippen molar-refractivity contribution >= 4 is 5.97 Å². The van der Waals surface area contributed by atoms with Crippen molar-refractivity contribution in [1.82, 2.24) is 0 Å². The Balaban J connectivity index is 0. The van der Waals surface area contributed by atoms with Crippen LogP contribution in [0.1, 0.15) is 26.7 Å². The number of rotatable bonds is 5. The van der Waals surface area contributed by atoms with Crippen LogP contribution in [0.5, 0.6) is 0 Å². The van der Waals surface area contributed by atoms with E-state index in [4.69, 9.17) is 15.9 Å². The topological polar surface area (TPSA) is 81.3 Å². The molecule has 0 bridgehead atoms. The molecule has 13 heavy (non-hydrogen) atoms. The first-order valence-corrected chi connectivity index (χ1v) is 4.04. The van der Waals surface area contributed by atoms with Gasteiger partial charge in [0.1, 0.15) is 0 Å². The van der Waals surface area contributed by atoms with Gasteiger partial charge in [-0.25, -0.2) is 0 Å². The van der Waals surface area contributed by atoms with Crippen molar-refractivity contribution in [1.29, 1.82) is 0 Å². The van der Waals surface area contributed by atoms with Crippen LogP contribution in [0.3, 0.4) is 0 Å². The Labute approximate surface area is 92.2 Å². The number of carbonyl (C=O) groups is 1. The van der Waals surface area contributed by atoms with Gasteiger partial charge >= 0.3 is 5.97 Å². The Bertz CT molecular complexity index is 152. The molecule has 0 aliphatic carbocycles. The first kappa shape index (κ1) is 15.5. The van der Waals surface area contributed by atoms with E-state index in [1.54, 1.807) is 0 Å². The Hall–Kier alpha value is 0.0523. The Morgan fingerprint density at radius 1 is 1.46 bits per heavy atom. The van der Waals surface area contributed by atoms with E-state index < -0.39 is 18.1 Å². The van der Waals surface area contributed by atoms with E-state index in [1.165, 1.54) is 0 Å². The number of carboxylic acids is 1. The molecule has 0 aliphatic rings. The Morgan fingerprint density at radius 2 is 1.92 bits per heavy atom. The zero-order valence-electron chi connectivity index (χ0n) is 7.83. The number of aliphatic hydroxyl groups excluding tert-OH is 1. The summed E-state index contributed by atoms with van der Waals surface area (Å²) in [7, 11) is 0. The minimum atomic E-state index is -1.05. The summed E-state index contributed by atoms with van der Waals surface area (Å²) < 4.78 is 0. The molecule has 0 amide bonds. The van der Waals surface area contributed by atoms with Crippen molar-refractivity contribution in [3.8, 4) is 0 Å². The van der Waals surface area contributed by atoms with Gasteiger partial charge in [0.15, 0.2) is 0 Å². The van der Waals surface area contributed by atoms with Crippen LogP contribution in [0.25, 0.3) is 5.73 Å². The maximum atomic E-state index is 10.2. The average molecular weight is 360 g/mol. The molecule has 5 heteroatoms. The van der Waals surface area contributed by atoms with Crippen LogP contribution in [0.4, 0.5) is 0 Å². The van der Waals surface area contributed by atoms with Gasteiger partial charge in [-0.1, -0.05) is 20.3 Å². The van der Waals surface area contributed by atoms with E-state index in [0.29, 0.717) is 12.3 Å². The van der Waals surface area contributed by atoms with Gasteiger partial charge in [-0.15, -0.1) is 6.04 Å². The molecule has 79 valence electrons. The minimum absolute atomic E-state index is 0. The molecule has 0 saturated heterocycles.